The highest BCUT2D eigenvalue weighted by Crippen LogP contribution is 2.31. The first-order valence-corrected chi connectivity index (χ1v) is 7.86. The van der Waals surface area contributed by atoms with Crippen LogP contribution in [0.4, 0.5) is 0 Å². The molecule has 0 amide bonds. The second-order valence-electron chi connectivity index (χ2n) is 4.91. The number of esters is 1. The number of hydrogen-bond donors (Lipinski definition) is 0. The normalized spacial score (nSPS) is 13.8. The van der Waals surface area contributed by atoms with Crippen LogP contribution in [0.2, 0.25) is 0 Å². The smallest absolute Gasteiger partial charge is 0.336 e. The number of nitrogens with zero attached hydrogens (tertiary/aromatic N) is 2. The van der Waals surface area contributed by atoms with Gasteiger partial charge in [0.1, 0.15) is 5.76 Å². The monoisotopic (exact) mass is 328 g/mol. The minimum atomic E-state index is -0.427. The molecule has 0 aliphatic carbocycles. The lowest BCUT2D eigenvalue weighted by Crippen LogP contribution is -1.92. The Bertz CT molecular complexity index is 906. The van der Waals surface area contributed by atoms with Gasteiger partial charge in [0.25, 0.3) is 0 Å². The minimum Gasteiger partial charge on any atom is -0.423 e. The average molecular weight is 328 g/mol. The molecule has 0 unspecified atom stereocenters. The van der Waals surface area contributed by atoms with E-state index in [9.17, 15) is 4.79 Å². The summed E-state index contributed by atoms with van der Waals surface area (Å²) in [5.41, 5.74) is 3.42. The maximum Gasteiger partial charge on any atom is 0.336 e. The van der Waals surface area contributed by atoms with E-state index in [2.05, 4.69) is 12.1 Å². The number of cyclic esters (lactones) is 1. The zero-order valence-corrected chi connectivity index (χ0v) is 14.0. The largest absolute Gasteiger partial charge is 0.423 e. The third kappa shape index (κ3) is 4.22. The summed E-state index contributed by atoms with van der Waals surface area (Å²) in [7, 11) is 0. The minimum absolute atomic E-state index is 0.427. The molecule has 0 atom stereocenters. The van der Waals surface area contributed by atoms with E-state index in [1.165, 1.54) is 6.08 Å². The van der Waals surface area contributed by atoms with Crippen molar-refractivity contribution in [2.45, 2.75) is 13.8 Å². The first kappa shape index (κ1) is 17.7. The Morgan fingerprint density at radius 3 is 1.92 bits per heavy atom. The van der Waals surface area contributed by atoms with Gasteiger partial charge in [0, 0.05) is 11.6 Å². The van der Waals surface area contributed by atoms with E-state index in [1.54, 1.807) is 54.6 Å². The Labute approximate surface area is 146 Å². The Kier molecular flexibility index (Phi) is 5.87. The summed E-state index contributed by atoms with van der Waals surface area (Å²) in [6.45, 7) is 4.00. The fraction of sp³-hybridized carbons (Fsp3) is 0.0952. The van der Waals surface area contributed by atoms with Crippen LogP contribution in [0.25, 0.3) is 11.6 Å². The van der Waals surface area contributed by atoms with Gasteiger partial charge in [0.15, 0.2) is 0 Å². The lowest BCUT2D eigenvalue weighted by molar-refractivity contribution is -0.132. The average Bonchev–Trinajstić information content (AvgIpc) is 3.04. The van der Waals surface area contributed by atoms with Crippen molar-refractivity contribution >= 4 is 17.6 Å². The Balaban J connectivity index is 0.00000109. The quantitative estimate of drug-likeness (QED) is 0.764. The van der Waals surface area contributed by atoms with Crippen molar-refractivity contribution in [2.24, 2.45) is 0 Å². The molecule has 4 nitrogen and oxygen atoms in total. The van der Waals surface area contributed by atoms with Crippen LogP contribution in [0, 0.1) is 22.7 Å². The molecule has 25 heavy (non-hydrogen) atoms. The summed E-state index contributed by atoms with van der Waals surface area (Å²) in [4.78, 5) is 11.6. The molecule has 4 heteroatoms. The van der Waals surface area contributed by atoms with Crippen LogP contribution in [0.3, 0.4) is 0 Å². The number of carbonyl (C=O) groups is 1. The topological polar surface area (TPSA) is 73.9 Å². The highest BCUT2D eigenvalue weighted by atomic mass is 16.5. The van der Waals surface area contributed by atoms with Crippen molar-refractivity contribution in [3.63, 3.8) is 0 Å². The number of carbonyl (C=O) groups excluding carboxylic acids is 1. The number of ether oxygens (including phenoxy) is 1. The Morgan fingerprint density at radius 2 is 1.40 bits per heavy atom. The number of rotatable bonds is 2. The molecule has 2 aromatic carbocycles. The highest BCUT2D eigenvalue weighted by molar-refractivity contribution is 6.03. The molecule has 0 radical (unpaired) electrons. The van der Waals surface area contributed by atoms with Crippen LogP contribution < -0.4 is 0 Å². The van der Waals surface area contributed by atoms with Crippen LogP contribution in [0.15, 0.2) is 60.4 Å². The zero-order valence-electron chi connectivity index (χ0n) is 14.0. The summed E-state index contributed by atoms with van der Waals surface area (Å²) in [6.07, 6.45) is 3.17. The van der Waals surface area contributed by atoms with Gasteiger partial charge in [-0.25, -0.2) is 4.79 Å². The lowest BCUT2D eigenvalue weighted by Gasteiger charge is -2.05. The van der Waals surface area contributed by atoms with Crippen LogP contribution in [-0.2, 0) is 9.53 Å². The summed E-state index contributed by atoms with van der Waals surface area (Å²) in [5, 5.41) is 17.7. The fourth-order valence-corrected chi connectivity index (χ4v) is 2.24. The summed E-state index contributed by atoms with van der Waals surface area (Å²) in [6, 6.07) is 18.0. The van der Waals surface area contributed by atoms with Crippen molar-refractivity contribution in [3.05, 3.63) is 82.6 Å². The van der Waals surface area contributed by atoms with Gasteiger partial charge < -0.3 is 4.74 Å². The van der Waals surface area contributed by atoms with E-state index in [-0.39, 0.29) is 0 Å². The van der Waals surface area contributed by atoms with Gasteiger partial charge in [-0.2, -0.15) is 10.5 Å². The molecular weight excluding hydrogens is 312 g/mol. The van der Waals surface area contributed by atoms with E-state index in [1.807, 2.05) is 13.8 Å². The SMILES string of the molecule is CC.N#Cc1ccc(/C=C2\OC(=O)C=C2c2ccc(C#N)cc2)cc1. The second-order valence-corrected chi connectivity index (χ2v) is 4.91. The molecule has 1 heterocycles. The van der Waals surface area contributed by atoms with Crippen molar-refractivity contribution in [2.75, 3.05) is 0 Å². The van der Waals surface area contributed by atoms with E-state index >= 15 is 0 Å². The molecule has 0 fully saturated rings. The summed E-state index contributed by atoms with van der Waals surface area (Å²) in [5.74, 6) is 0.0219. The van der Waals surface area contributed by atoms with Crippen molar-refractivity contribution < 1.29 is 9.53 Å². The molecule has 2 aromatic rings. The van der Waals surface area contributed by atoms with Gasteiger partial charge in [0.2, 0.25) is 0 Å². The molecular formula is C21H16N2O2. The Morgan fingerprint density at radius 1 is 0.880 bits per heavy atom. The highest BCUT2D eigenvalue weighted by Gasteiger charge is 2.21. The molecule has 122 valence electrons. The van der Waals surface area contributed by atoms with Gasteiger partial charge in [-0.15, -0.1) is 0 Å². The van der Waals surface area contributed by atoms with E-state index < -0.39 is 5.97 Å². The first-order valence-electron chi connectivity index (χ1n) is 7.86. The molecule has 0 aromatic heterocycles. The fourth-order valence-electron chi connectivity index (χ4n) is 2.24. The predicted octanol–water partition coefficient (Wildman–Crippen LogP) is 4.44. The summed E-state index contributed by atoms with van der Waals surface area (Å²) >= 11 is 0. The van der Waals surface area contributed by atoms with Crippen LogP contribution in [0.1, 0.15) is 36.1 Å². The molecule has 0 bridgehead atoms. The van der Waals surface area contributed by atoms with Gasteiger partial charge in [-0.3, -0.25) is 0 Å². The van der Waals surface area contributed by atoms with Gasteiger partial charge in [-0.05, 0) is 41.5 Å². The predicted molar refractivity (Wildman–Crippen MR) is 95.7 cm³/mol. The number of hydrogen-bond acceptors (Lipinski definition) is 4. The second kappa shape index (κ2) is 8.29. The maximum atomic E-state index is 11.6. The molecule has 0 saturated heterocycles. The molecule has 3 rings (SSSR count). The summed E-state index contributed by atoms with van der Waals surface area (Å²) < 4.78 is 5.24. The third-order valence-electron chi connectivity index (χ3n) is 3.40. The maximum absolute atomic E-state index is 11.6. The van der Waals surface area contributed by atoms with E-state index in [4.69, 9.17) is 15.3 Å². The number of allylic oxidation sites excluding steroid dienone is 1. The van der Waals surface area contributed by atoms with Crippen LogP contribution in [-0.4, -0.2) is 5.97 Å². The zero-order chi connectivity index (χ0) is 18.2. The third-order valence-corrected chi connectivity index (χ3v) is 3.40. The number of benzene rings is 2. The lowest BCUT2D eigenvalue weighted by atomic mass is 10.0. The molecule has 1 aliphatic rings. The van der Waals surface area contributed by atoms with Crippen LogP contribution >= 0.6 is 0 Å². The van der Waals surface area contributed by atoms with Gasteiger partial charge >= 0.3 is 5.97 Å². The Hall–Kier alpha value is -3.63. The standard InChI is InChI=1S/C19H10N2O2.C2H6/c20-11-14-3-1-13(2-4-14)9-18-17(10-19(22)23-18)16-7-5-15(12-21)6-8-16;1-2/h1-10H;1-2H3/b18-9-;. The molecule has 0 spiro atoms. The number of nitriles is 2. The van der Waals surface area contributed by atoms with Gasteiger partial charge in [0.05, 0.1) is 23.3 Å². The van der Waals surface area contributed by atoms with Crippen molar-refractivity contribution in [1.29, 1.82) is 10.5 Å². The van der Waals surface area contributed by atoms with E-state index in [0.717, 1.165) is 11.1 Å². The van der Waals surface area contributed by atoms with Crippen molar-refractivity contribution in [3.8, 4) is 12.1 Å². The molecule has 0 N–H and O–H groups in total. The van der Waals surface area contributed by atoms with Gasteiger partial charge in [-0.1, -0.05) is 38.1 Å². The molecule has 1 aliphatic heterocycles. The van der Waals surface area contributed by atoms with Crippen LogP contribution in [0.5, 0.6) is 0 Å². The van der Waals surface area contributed by atoms with Crippen molar-refractivity contribution in [1.82, 2.24) is 0 Å². The molecule has 0 saturated carbocycles. The van der Waals surface area contributed by atoms with E-state index in [0.29, 0.717) is 22.5 Å². The first-order chi connectivity index (χ1) is 12.2.